The summed E-state index contributed by atoms with van der Waals surface area (Å²) in [5.74, 6) is 0. The fourth-order valence-electron chi connectivity index (χ4n) is 0.380. The van der Waals surface area contributed by atoms with Crippen molar-refractivity contribution in [3.63, 3.8) is 0 Å². The smallest absolute Gasteiger partial charge is 0.0335 e. The summed E-state index contributed by atoms with van der Waals surface area (Å²) in [4.78, 5) is 0. The topological polar surface area (TPSA) is 12.4 Å². The third-order valence-corrected chi connectivity index (χ3v) is 2.43. The average molecular weight is 219 g/mol. The Morgan fingerprint density at radius 1 is 1.75 bits per heavy atom. The van der Waals surface area contributed by atoms with E-state index in [0.717, 1.165) is 0 Å². The Morgan fingerprint density at radius 2 is 2.62 bits per heavy atom. The zero-order chi connectivity index (χ0) is 5.82. The van der Waals surface area contributed by atoms with Crippen molar-refractivity contribution < 1.29 is 0 Å². The van der Waals surface area contributed by atoms with Crippen LogP contribution in [0, 0.1) is 0 Å². The third kappa shape index (κ3) is 1.36. The van der Waals surface area contributed by atoms with Crippen LogP contribution >= 0.6 is 21.0 Å². The fourth-order valence-corrected chi connectivity index (χ4v) is 1.67. The molecule has 0 saturated carbocycles. The highest BCUT2D eigenvalue weighted by Crippen LogP contribution is 2.14. The van der Waals surface area contributed by atoms with Crippen LogP contribution in [0.4, 0.5) is 0 Å². The molecular formula is C6H6IN. The summed E-state index contributed by atoms with van der Waals surface area (Å²) < 4.78 is 6.23. The number of rotatable bonds is 1. The molecule has 8 heavy (non-hydrogen) atoms. The van der Waals surface area contributed by atoms with Crippen LogP contribution in [-0.4, -0.2) is 0 Å². The SMILES string of the molecule is C=CC1=CI=NC=C1. The number of allylic oxidation sites excluding steroid dienone is 3. The van der Waals surface area contributed by atoms with E-state index in [1.165, 1.54) is 5.57 Å². The van der Waals surface area contributed by atoms with Gasteiger partial charge >= 0.3 is 0 Å². The second-order valence-electron chi connectivity index (χ2n) is 1.32. The van der Waals surface area contributed by atoms with Gasteiger partial charge in [0, 0.05) is 27.2 Å². The van der Waals surface area contributed by atoms with Crippen LogP contribution in [-0.2, 0) is 0 Å². The summed E-state index contributed by atoms with van der Waals surface area (Å²) in [6.45, 7) is 3.64. The van der Waals surface area contributed by atoms with E-state index in [4.69, 9.17) is 0 Å². The van der Waals surface area contributed by atoms with Crippen LogP contribution in [0.1, 0.15) is 0 Å². The standard InChI is InChI=1S/C6H6IN/c1-2-6-3-4-8-7-5-6/h2-5H,1H2. The molecule has 1 aliphatic heterocycles. The van der Waals surface area contributed by atoms with Crippen molar-refractivity contribution in [3.8, 4) is 0 Å². The summed E-state index contributed by atoms with van der Waals surface area (Å²) >= 11 is -0.0270. The predicted octanol–water partition coefficient (Wildman–Crippen LogP) is 2.74. The van der Waals surface area contributed by atoms with Gasteiger partial charge in [0.25, 0.3) is 0 Å². The maximum absolute atomic E-state index is 4.08. The lowest BCUT2D eigenvalue weighted by atomic mass is 10.3. The molecule has 0 radical (unpaired) electrons. The molecule has 0 spiro atoms. The van der Waals surface area contributed by atoms with Crippen molar-refractivity contribution in [3.05, 3.63) is 34.6 Å². The zero-order valence-corrected chi connectivity index (χ0v) is 6.50. The van der Waals surface area contributed by atoms with Gasteiger partial charge in [-0.3, -0.25) is 0 Å². The molecule has 2 heteroatoms. The summed E-state index contributed by atoms with van der Waals surface area (Å²) in [6, 6.07) is 0. The Morgan fingerprint density at radius 3 is 3.00 bits per heavy atom. The molecule has 0 aliphatic carbocycles. The minimum atomic E-state index is -0.0270. The molecule has 0 aromatic rings. The second kappa shape index (κ2) is 2.91. The summed E-state index contributed by atoms with van der Waals surface area (Å²) in [5.41, 5.74) is 1.22. The molecule has 0 unspecified atom stereocenters. The minimum Gasteiger partial charge on any atom is -0.230 e. The quantitative estimate of drug-likeness (QED) is 0.601. The Balaban J connectivity index is 2.82. The van der Waals surface area contributed by atoms with Crippen molar-refractivity contribution in [2.24, 2.45) is 3.15 Å². The van der Waals surface area contributed by atoms with Crippen molar-refractivity contribution in [2.45, 2.75) is 0 Å². The van der Waals surface area contributed by atoms with Gasteiger partial charge in [-0.25, -0.2) is 3.15 Å². The van der Waals surface area contributed by atoms with E-state index >= 15 is 0 Å². The molecular weight excluding hydrogens is 213 g/mol. The molecule has 0 saturated heterocycles. The van der Waals surface area contributed by atoms with Crippen LogP contribution in [0.15, 0.2) is 37.7 Å². The maximum atomic E-state index is 4.08. The van der Waals surface area contributed by atoms with Gasteiger partial charge in [-0.05, 0) is 15.7 Å². The normalized spacial score (nSPS) is 16.8. The van der Waals surface area contributed by atoms with E-state index in [1.54, 1.807) is 0 Å². The summed E-state index contributed by atoms with van der Waals surface area (Å²) in [6.07, 6.45) is 5.67. The van der Waals surface area contributed by atoms with Gasteiger partial charge in [0.15, 0.2) is 0 Å². The molecule has 1 heterocycles. The average Bonchev–Trinajstić information content (AvgIpc) is 1.90. The Labute approximate surface area is 59.0 Å². The molecule has 1 rings (SSSR count). The number of halogens is 1. The zero-order valence-electron chi connectivity index (χ0n) is 4.34. The van der Waals surface area contributed by atoms with E-state index in [0.29, 0.717) is 0 Å². The van der Waals surface area contributed by atoms with Crippen LogP contribution in [0.3, 0.4) is 0 Å². The predicted molar refractivity (Wildman–Crippen MR) is 43.9 cm³/mol. The molecule has 0 bridgehead atoms. The molecule has 0 fully saturated rings. The van der Waals surface area contributed by atoms with Crippen LogP contribution in [0.25, 0.3) is 0 Å². The van der Waals surface area contributed by atoms with Gasteiger partial charge in [0.1, 0.15) is 0 Å². The summed E-state index contributed by atoms with van der Waals surface area (Å²) in [5, 5.41) is 0. The first-order valence-corrected chi connectivity index (χ1v) is 4.46. The molecule has 0 aromatic heterocycles. The van der Waals surface area contributed by atoms with Gasteiger partial charge in [-0.1, -0.05) is 12.7 Å². The fraction of sp³-hybridized carbons (Fsp3) is 0. The molecule has 0 amide bonds. The highest BCUT2D eigenvalue weighted by atomic mass is 127. The van der Waals surface area contributed by atoms with E-state index in [1.807, 2.05) is 18.4 Å². The van der Waals surface area contributed by atoms with Crippen molar-refractivity contribution in [2.75, 3.05) is 0 Å². The molecule has 1 aliphatic rings. The highest BCUT2D eigenvalue weighted by molar-refractivity contribution is 14.2. The molecule has 0 aromatic carbocycles. The Bertz CT molecular complexity index is 177. The van der Waals surface area contributed by atoms with Crippen LogP contribution < -0.4 is 0 Å². The van der Waals surface area contributed by atoms with Crippen molar-refractivity contribution in [1.82, 2.24) is 0 Å². The monoisotopic (exact) mass is 219 g/mol. The van der Waals surface area contributed by atoms with Crippen LogP contribution in [0.2, 0.25) is 0 Å². The van der Waals surface area contributed by atoms with Gasteiger partial charge in [0.2, 0.25) is 0 Å². The van der Waals surface area contributed by atoms with E-state index in [9.17, 15) is 0 Å². The third-order valence-electron chi connectivity index (χ3n) is 0.790. The molecule has 1 nitrogen and oxygen atoms in total. The summed E-state index contributed by atoms with van der Waals surface area (Å²) in [7, 11) is 0. The lowest BCUT2D eigenvalue weighted by molar-refractivity contribution is 1.62. The molecule has 42 valence electrons. The number of nitrogens with zero attached hydrogens (tertiary/aromatic N) is 1. The van der Waals surface area contributed by atoms with Crippen LogP contribution in [0.5, 0.6) is 0 Å². The molecule has 0 N–H and O–H groups in total. The van der Waals surface area contributed by atoms with E-state index in [2.05, 4.69) is 13.8 Å². The van der Waals surface area contributed by atoms with Gasteiger partial charge in [-0.2, -0.15) is 0 Å². The van der Waals surface area contributed by atoms with E-state index < -0.39 is 0 Å². The number of hydrogen-bond donors (Lipinski definition) is 0. The van der Waals surface area contributed by atoms with E-state index in [-0.39, 0.29) is 21.0 Å². The first-order valence-electron chi connectivity index (χ1n) is 2.25. The van der Waals surface area contributed by atoms with Gasteiger partial charge in [-0.15, -0.1) is 0 Å². The maximum Gasteiger partial charge on any atom is 0.0335 e. The molecule has 0 atom stereocenters. The van der Waals surface area contributed by atoms with Crippen molar-refractivity contribution >= 4 is 21.0 Å². The Kier molecular flexibility index (Phi) is 2.14. The Hall–Kier alpha value is -0.250. The lowest BCUT2D eigenvalue weighted by Gasteiger charge is -1.90. The first kappa shape index (κ1) is 5.88. The minimum absolute atomic E-state index is 0.0270. The van der Waals surface area contributed by atoms with Gasteiger partial charge < -0.3 is 0 Å². The van der Waals surface area contributed by atoms with Gasteiger partial charge in [0.05, 0.1) is 0 Å². The van der Waals surface area contributed by atoms with Crippen molar-refractivity contribution in [1.29, 1.82) is 0 Å². The second-order valence-corrected chi connectivity index (χ2v) is 3.06. The largest absolute Gasteiger partial charge is 0.230 e. The number of hydrogen-bond acceptors (Lipinski definition) is 1. The highest BCUT2D eigenvalue weighted by Gasteiger charge is 1.83. The lowest BCUT2D eigenvalue weighted by Crippen LogP contribution is -1.66. The first-order chi connectivity index (χ1) is 3.93.